The number of aromatic nitrogens is 3. The number of rotatable bonds is 6. The molecule has 0 radical (unpaired) electrons. The van der Waals surface area contributed by atoms with Crippen molar-refractivity contribution in [2.45, 2.75) is 26.7 Å². The fraction of sp³-hybridized carbons (Fsp3) is 0.533. The Balaban J connectivity index is 2.19. The molecule has 0 fully saturated rings. The van der Waals surface area contributed by atoms with Crippen LogP contribution in [0, 0.1) is 13.8 Å². The number of ether oxygens (including phenoxy) is 1. The lowest BCUT2D eigenvalue weighted by Crippen LogP contribution is -2.25. The van der Waals surface area contributed by atoms with Crippen molar-refractivity contribution in [1.82, 2.24) is 20.1 Å². The average Bonchev–Trinajstić information content (AvgIpc) is 2.72. The topological polar surface area (TPSA) is 69.0 Å². The van der Waals surface area contributed by atoms with E-state index in [1.807, 2.05) is 27.0 Å². The number of nitrogens with one attached hydrogen (secondary N) is 1. The van der Waals surface area contributed by atoms with Crippen LogP contribution in [0.2, 0.25) is 0 Å². The lowest BCUT2D eigenvalue weighted by molar-refractivity contribution is 0.0953. The van der Waals surface area contributed by atoms with Crippen LogP contribution in [-0.2, 0) is 11.8 Å². The maximum Gasteiger partial charge on any atom is 0.252 e. The standard InChI is InChI=1S/C15H22N4O2/c1-10-9-12(15(20)16-7-5-6-8-21-4)13-11(2)18-19(3)14(13)17-10/h9H,5-8H2,1-4H3,(H,16,20). The molecule has 0 saturated carbocycles. The van der Waals surface area contributed by atoms with Gasteiger partial charge in [-0.15, -0.1) is 0 Å². The first-order valence-electron chi connectivity index (χ1n) is 7.12. The number of nitrogens with zero attached hydrogens (tertiary/aromatic N) is 3. The van der Waals surface area contributed by atoms with E-state index < -0.39 is 0 Å². The number of aryl methyl sites for hydroxylation is 3. The first kappa shape index (κ1) is 15.4. The molecule has 21 heavy (non-hydrogen) atoms. The predicted octanol–water partition coefficient (Wildman–Crippen LogP) is 1.74. The summed E-state index contributed by atoms with van der Waals surface area (Å²) in [4.78, 5) is 16.9. The smallest absolute Gasteiger partial charge is 0.252 e. The molecule has 0 bridgehead atoms. The molecule has 2 aromatic heterocycles. The van der Waals surface area contributed by atoms with Crippen LogP contribution in [0.3, 0.4) is 0 Å². The minimum absolute atomic E-state index is 0.0704. The molecule has 6 heteroatoms. The molecule has 0 unspecified atom stereocenters. The van der Waals surface area contributed by atoms with Gasteiger partial charge in [0.05, 0.1) is 16.6 Å². The summed E-state index contributed by atoms with van der Waals surface area (Å²) in [5.74, 6) is -0.0704. The van der Waals surface area contributed by atoms with Crippen molar-refractivity contribution in [2.75, 3.05) is 20.3 Å². The quantitative estimate of drug-likeness (QED) is 0.823. The summed E-state index contributed by atoms with van der Waals surface area (Å²) in [6.07, 6.45) is 1.84. The van der Waals surface area contributed by atoms with Gasteiger partial charge in [-0.1, -0.05) is 0 Å². The van der Waals surface area contributed by atoms with Gasteiger partial charge in [0, 0.05) is 33.0 Å². The summed E-state index contributed by atoms with van der Waals surface area (Å²) in [5.41, 5.74) is 3.03. The highest BCUT2D eigenvalue weighted by Crippen LogP contribution is 2.21. The fourth-order valence-electron chi connectivity index (χ4n) is 2.42. The van der Waals surface area contributed by atoms with Crippen molar-refractivity contribution >= 4 is 16.9 Å². The minimum atomic E-state index is -0.0704. The van der Waals surface area contributed by atoms with Crippen molar-refractivity contribution in [3.8, 4) is 0 Å². The molecule has 2 rings (SSSR count). The number of carbonyl (C=O) groups excluding carboxylic acids is 1. The van der Waals surface area contributed by atoms with Gasteiger partial charge >= 0.3 is 0 Å². The third kappa shape index (κ3) is 3.39. The molecule has 0 spiro atoms. The molecule has 6 nitrogen and oxygen atoms in total. The highest BCUT2D eigenvalue weighted by Gasteiger charge is 2.17. The van der Waals surface area contributed by atoms with Crippen molar-refractivity contribution < 1.29 is 9.53 Å². The lowest BCUT2D eigenvalue weighted by Gasteiger charge is -2.07. The molecule has 0 saturated heterocycles. The van der Waals surface area contributed by atoms with Gasteiger partial charge in [0.2, 0.25) is 0 Å². The summed E-state index contributed by atoms with van der Waals surface area (Å²) in [6, 6.07) is 1.82. The highest BCUT2D eigenvalue weighted by molar-refractivity contribution is 6.06. The van der Waals surface area contributed by atoms with Crippen molar-refractivity contribution in [1.29, 1.82) is 0 Å². The maximum absolute atomic E-state index is 12.4. The van der Waals surface area contributed by atoms with E-state index in [1.165, 1.54) is 0 Å². The average molecular weight is 290 g/mol. The lowest BCUT2D eigenvalue weighted by atomic mass is 10.1. The molecule has 0 aliphatic carbocycles. The fourth-order valence-corrected chi connectivity index (χ4v) is 2.42. The second-order valence-corrected chi connectivity index (χ2v) is 5.17. The van der Waals surface area contributed by atoms with E-state index in [2.05, 4.69) is 15.4 Å². The van der Waals surface area contributed by atoms with Crippen LogP contribution in [-0.4, -0.2) is 40.9 Å². The van der Waals surface area contributed by atoms with Crippen LogP contribution in [0.4, 0.5) is 0 Å². The number of pyridine rings is 1. The molecule has 1 amide bonds. The maximum atomic E-state index is 12.4. The van der Waals surface area contributed by atoms with Gasteiger partial charge in [0.25, 0.3) is 5.91 Å². The monoisotopic (exact) mass is 290 g/mol. The zero-order valence-electron chi connectivity index (χ0n) is 13.1. The zero-order valence-corrected chi connectivity index (χ0v) is 13.1. The van der Waals surface area contributed by atoms with Crippen LogP contribution in [0.25, 0.3) is 11.0 Å². The molecule has 2 heterocycles. The normalized spacial score (nSPS) is 11.0. The number of amides is 1. The highest BCUT2D eigenvalue weighted by atomic mass is 16.5. The minimum Gasteiger partial charge on any atom is -0.385 e. The van der Waals surface area contributed by atoms with E-state index in [4.69, 9.17) is 4.74 Å². The molecule has 1 N–H and O–H groups in total. The number of methoxy groups -OCH3 is 1. The summed E-state index contributed by atoms with van der Waals surface area (Å²) in [6.45, 7) is 5.15. The summed E-state index contributed by atoms with van der Waals surface area (Å²) < 4.78 is 6.71. The van der Waals surface area contributed by atoms with Gasteiger partial charge in [-0.25, -0.2) is 4.98 Å². The summed E-state index contributed by atoms with van der Waals surface area (Å²) >= 11 is 0. The zero-order chi connectivity index (χ0) is 15.4. The van der Waals surface area contributed by atoms with Crippen LogP contribution >= 0.6 is 0 Å². The van der Waals surface area contributed by atoms with E-state index >= 15 is 0 Å². The second-order valence-electron chi connectivity index (χ2n) is 5.17. The molecule has 114 valence electrons. The van der Waals surface area contributed by atoms with Gasteiger partial charge in [-0.3, -0.25) is 9.48 Å². The van der Waals surface area contributed by atoms with E-state index in [9.17, 15) is 4.79 Å². The number of hydrogen-bond acceptors (Lipinski definition) is 4. The molecule has 0 aliphatic heterocycles. The third-order valence-electron chi connectivity index (χ3n) is 3.40. The van der Waals surface area contributed by atoms with Crippen LogP contribution < -0.4 is 5.32 Å². The van der Waals surface area contributed by atoms with E-state index in [0.29, 0.717) is 12.1 Å². The molecular weight excluding hydrogens is 268 g/mol. The number of hydrogen-bond donors (Lipinski definition) is 1. The second kappa shape index (κ2) is 6.67. The summed E-state index contributed by atoms with van der Waals surface area (Å²) in [5, 5.41) is 8.14. The van der Waals surface area contributed by atoms with Crippen molar-refractivity contribution in [2.24, 2.45) is 7.05 Å². The van der Waals surface area contributed by atoms with Crippen molar-refractivity contribution in [3.63, 3.8) is 0 Å². The molecule has 2 aromatic rings. The molecule has 0 aromatic carbocycles. The first-order valence-corrected chi connectivity index (χ1v) is 7.12. The van der Waals surface area contributed by atoms with Gasteiger partial charge < -0.3 is 10.1 Å². The van der Waals surface area contributed by atoms with Gasteiger partial charge in [-0.05, 0) is 32.8 Å². The summed E-state index contributed by atoms with van der Waals surface area (Å²) in [7, 11) is 3.52. The van der Waals surface area contributed by atoms with Gasteiger partial charge in [0.15, 0.2) is 5.65 Å². The largest absolute Gasteiger partial charge is 0.385 e. The Morgan fingerprint density at radius 1 is 1.38 bits per heavy atom. The Hall–Kier alpha value is -1.95. The van der Waals surface area contributed by atoms with E-state index in [1.54, 1.807) is 11.8 Å². The van der Waals surface area contributed by atoms with Gasteiger partial charge in [0.1, 0.15) is 0 Å². The van der Waals surface area contributed by atoms with Gasteiger partial charge in [-0.2, -0.15) is 5.10 Å². The number of fused-ring (bicyclic) bond motifs is 1. The Kier molecular flexibility index (Phi) is 4.90. The van der Waals surface area contributed by atoms with E-state index in [-0.39, 0.29) is 5.91 Å². The Bertz CT molecular complexity index is 649. The molecule has 0 atom stereocenters. The first-order chi connectivity index (χ1) is 10.0. The molecule has 0 aliphatic rings. The predicted molar refractivity (Wildman–Crippen MR) is 81.4 cm³/mol. The van der Waals surface area contributed by atoms with Crippen molar-refractivity contribution in [3.05, 3.63) is 23.0 Å². The van der Waals surface area contributed by atoms with Crippen LogP contribution in [0.5, 0.6) is 0 Å². The Labute approximate surface area is 124 Å². The number of unbranched alkanes of at least 4 members (excludes halogenated alkanes) is 1. The Morgan fingerprint density at radius 3 is 2.86 bits per heavy atom. The number of carbonyl (C=O) groups is 1. The van der Waals surface area contributed by atoms with Crippen LogP contribution in [0.15, 0.2) is 6.07 Å². The SMILES string of the molecule is COCCCCNC(=O)c1cc(C)nc2c1c(C)nn2C. The molecular formula is C15H22N4O2. The van der Waals surface area contributed by atoms with E-state index in [0.717, 1.165) is 41.9 Å². The Morgan fingerprint density at radius 2 is 2.14 bits per heavy atom. The third-order valence-corrected chi connectivity index (χ3v) is 3.40. The van der Waals surface area contributed by atoms with Crippen LogP contribution in [0.1, 0.15) is 34.6 Å².